The summed E-state index contributed by atoms with van der Waals surface area (Å²) in [7, 11) is -1.29. The van der Waals surface area contributed by atoms with E-state index < -0.39 is 28.5 Å². The van der Waals surface area contributed by atoms with Crippen molar-refractivity contribution in [1.29, 1.82) is 0 Å². The third kappa shape index (κ3) is 5.63. The molecule has 0 aliphatic carbocycles. The molecule has 0 unspecified atom stereocenters. The average molecular weight is 524 g/mol. The van der Waals surface area contributed by atoms with Crippen LogP contribution in [0, 0.1) is 0 Å². The van der Waals surface area contributed by atoms with Gasteiger partial charge in [0.1, 0.15) is 17.2 Å². The number of amides is 2. The monoisotopic (exact) mass is 523 g/mol. The molecule has 0 bridgehead atoms. The van der Waals surface area contributed by atoms with E-state index in [0.717, 1.165) is 15.9 Å². The number of nitrogens with one attached hydrogen (secondary N) is 1. The molecule has 192 valence electrons. The zero-order valence-corrected chi connectivity index (χ0v) is 21.0. The number of nitrogens with zero attached hydrogens (tertiary/aromatic N) is 2. The first kappa shape index (κ1) is 25.9. The van der Waals surface area contributed by atoms with Crippen molar-refractivity contribution in [2.45, 2.75) is 11.4 Å². The highest BCUT2D eigenvalue weighted by Gasteiger charge is 2.29. The molecular formula is C26H25N3O7S. The van der Waals surface area contributed by atoms with Crippen LogP contribution < -0.4 is 15.0 Å². The van der Waals surface area contributed by atoms with Crippen molar-refractivity contribution in [1.82, 2.24) is 4.31 Å². The van der Waals surface area contributed by atoms with Gasteiger partial charge in [-0.2, -0.15) is 4.31 Å². The molecule has 1 heterocycles. The molecule has 37 heavy (non-hydrogen) atoms. The number of para-hydroxylation sites is 2. The molecule has 11 heteroatoms. The molecule has 0 fully saturated rings. The molecule has 2 amide bonds. The fourth-order valence-electron chi connectivity index (χ4n) is 3.84. The summed E-state index contributed by atoms with van der Waals surface area (Å²) >= 11 is 0. The van der Waals surface area contributed by atoms with E-state index in [0.29, 0.717) is 11.4 Å². The van der Waals surface area contributed by atoms with Crippen molar-refractivity contribution < 1.29 is 32.3 Å². The Balaban J connectivity index is 1.50. The van der Waals surface area contributed by atoms with Crippen LogP contribution in [0.1, 0.15) is 15.9 Å². The molecule has 0 saturated heterocycles. The summed E-state index contributed by atoms with van der Waals surface area (Å²) in [6, 6.07) is 19.7. The largest absolute Gasteiger partial charge is 0.495 e. The van der Waals surface area contributed by atoms with Gasteiger partial charge in [-0.05, 0) is 35.9 Å². The van der Waals surface area contributed by atoms with Gasteiger partial charge in [0.15, 0.2) is 6.61 Å². The van der Waals surface area contributed by atoms with Gasteiger partial charge in [0, 0.05) is 13.6 Å². The van der Waals surface area contributed by atoms with Gasteiger partial charge < -0.3 is 14.8 Å². The molecule has 3 aromatic carbocycles. The van der Waals surface area contributed by atoms with Crippen LogP contribution in [0.3, 0.4) is 0 Å². The van der Waals surface area contributed by atoms with E-state index in [1.165, 1.54) is 31.2 Å². The highest BCUT2D eigenvalue weighted by Crippen LogP contribution is 2.30. The minimum atomic E-state index is -4.04. The summed E-state index contributed by atoms with van der Waals surface area (Å²) in [4.78, 5) is 38.5. The highest BCUT2D eigenvalue weighted by atomic mass is 32.2. The molecule has 0 atom stereocenters. The summed E-state index contributed by atoms with van der Waals surface area (Å²) in [5.41, 5.74) is 1.68. The molecule has 1 aliphatic rings. The predicted octanol–water partition coefficient (Wildman–Crippen LogP) is 2.66. The van der Waals surface area contributed by atoms with Crippen molar-refractivity contribution in [2.24, 2.45) is 0 Å². The van der Waals surface area contributed by atoms with Gasteiger partial charge in [0.05, 0.1) is 24.0 Å². The Kier molecular flexibility index (Phi) is 7.55. The van der Waals surface area contributed by atoms with Crippen molar-refractivity contribution >= 4 is 39.2 Å². The maximum absolute atomic E-state index is 13.3. The number of methoxy groups -OCH3 is 1. The third-order valence-electron chi connectivity index (χ3n) is 5.73. The smallest absolute Gasteiger partial charge is 0.338 e. The van der Waals surface area contributed by atoms with Crippen LogP contribution in [0.25, 0.3) is 0 Å². The lowest BCUT2D eigenvalue weighted by Gasteiger charge is -2.28. The number of hydrogen-bond donors (Lipinski definition) is 1. The number of fused-ring (bicyclic) bond motifs is 1. The Morgan fingerprint density at radius 3 is 2.46 bits per heavy atom. The lowest BCUT2D eigenvalue weighted by molar-refractivity contribution is -0.124. The highest BCUT2D eigenvalue weighted by molar-refractivity contribution is 7.89. The minimum absolute atomic E-state index is 0.0588. The quantitative estimate of drug-likeness (QED) is 0.451. The second kappa shape index (κ2) is 10.8. The summed E-state index contributed by atoms with van der Waals surface area (Å²) in [6.45, 7) is -0.741. The molecule has 1 aliphatic heterocycles. The summed E-state index contributed by atoms with van der Waals surface area (Å²) in [5.74, 6) is -1.81. The van der Waals surface area contributed by atoms with Gasteiger partial charge in [0.2, 0.25) is 15.9 Å². The van der Waals surface area contributed by atoms with Crippen molar-refractivity contribution in [3.8, 4) is 5.75 Å². The predicted molar refractivity (Wildman–Crippen MR) is 136 cm³/mol. The van der Waals surface area contributed by atoms with Crippen LogP contribution in [0.4, 0.5) is 11.4 Å². The molecule has 0 radical (unpaired) electrons. The van der Waals surface area contributed by atoms with Gasteiger partial charge in [-0.25, -0.2) is 13.2 Å². The van der Waals surface area contributed by atoms with E-state index in [1.807, 2.05) is 18.2 Å². The first-order valence-electron chi connectivity index (χ1n) is 11.3. The van der Waals surface area contributed by atoms with Gasteiger partial charge in [-0.3, -0.25) is 14.5 Å². The molecule has 10 nitrogen and oxygen atoms in total. The summed E-state index contributed by atoms with van der Waals surface area (Å²) in [5, 5.41) is 2.68. The number of carbonyl (C=O) groups excluding carboxylic acids is 3. The van der Waals surface area contributed by atoms with E-state index in [4.69, 9.17) is 9.47 Å². The molecule has 4 rings (SSSR count). The van der Waals surface area contributed by atoms with E-state index in [-0.39, 0.29) is 35.2 Å². The molecule has 0 saturated carbocycles. The van der Waals surface area contributed by atoms with Crippen LogP contribution >= 0.6 is 0 Å². The fourth-order valence-corrected chi connectivity index (χ4v) is 5.18. The van der Waals surface area contributed by atoms with E-state index in [2.05, 4.69) is 5.32 Å². The van der Waals surface area contributed by atoms with Crippen LogP contribution in [-0.4, -0.2) is 57.8 Å². The maximum atomic E-state index is 13.3. The number of esters is 1. The number of rotatable bonds is 8. The van der Waals surface area contributed by atoms with Crippen LogP contribution in [0.2, 0.25) is 0 Å². The fraction of sp³-hybridized carbons (Fsp3) is 0.192. The zero-order chi connectivity index (χ0) is 26.6. The number of anilines is 2. The third-order valence-corrected chi connectivity index (χ3v) is 7.56. The first-order valence-corrected chi connectivity index (χ1v) is 12.7. The number of carbonyl (C=O) groups is 3. The van der Waals surface area contributed by atoms with Crippen LogP contribution in [-0.2, 0) is 30.9 Å². The van der Waals surface area contributed by atoms with Crippen molar-refractivity contribution in [3.05, 3.63) is 83.9 Å². The Bertz CT molecular complexity index is 1440. The minimum Gasteiger partial charge on any atom is -0.495 e. The molecule has 0 aromatic heterocycles. The summed E-state index contributed by atoms with van der Waals surface area (Å²) < 4.78 is 38.2. The normalized spacial score (nSPS) is 13.1. The molecule has 1 N–H and O–H groups in total. The summed E-state index contributed by atoms with van der Waals surface area (Å²) in [6.07, 6.45) is 0. The molecule has 0 spiro atoms. The lowest BCUT2D eigenvalue weighted by atomic mass is 10.2. The van der Waals surface area contributed by atoms with Gasteiger partial charge in [0.25, 0.3) is 5.91 Å². The van der Waals surface area contributed by atoms with Crippen LogP contribution in [0.15, 0.2) is 77.7 Å². The topological polar surface area (TPSA) is 122 Å². The number of sulfonamides is 1. The van der Waals surface area contributed by atoms with Gasteiger partial charge in [-0.1, -0.05) is 42.5 Å². The average Bonchev–Trinajstić information content (AvgIpc) is 2.91. The molecule has 3 aromatic rings. The second-order valence-corrected chi connectivity index (χ2v) is 10.2. The molecular weight excluding hydrogens is 498 g/mol. The maximum Gasteiger partial charge on any atom is 0.338 e. The zero-order valence-electron chi connectivity index (χ0n) is 20.2. The standard InChI is InChI=1S/C26H25N3O7S/c1-28(15-18-8-4-3-5-9-18)37(33,34)23-14-19(12-13-22(23)35-2)26(32)36-17-25(31)29-16-24(30)27-20-10-6-7-11-21(20)29/h3-14H,15-17H2,1-2H3,(H,27,30). The first-order chi connectivity index (χ1) is 17.7. The van der Waals surface area contributed by atoms with E-state index >= 15 is 0 Å². The van der Waals surface area contributed by atoms with Gasteiger partial charge >= 0.3 is 5.97 Å². The van der Waals surface area contributed by atoms with Crippen molar-refractivity contribution in [3.63, 3.8) is 0 Å². The Hall–Kier alpha value is -4.22. The Morgan fingerprint density at radius 1 is 1.03 bits per heavy atom. The SMILES string of the molecule is COc1ccc(C(=O)OCC(=O)N2CC(=O)Nc3ccccc32)cc1S(=O)(=O)N(C)Cc1ccccc1. The van der Waals surface area contributed by atoms with E-state index in [9.17, 15) is 22.8 Å². The second-order valence-electron chi connectivity index (χ2n) is 8.23. The Morgan fingerprint density at radius 2 is 1.73 bits per heavy atom. The number of ether oxygens (including phenoxy) is 2. The van der Waals surface area contributed by atoms with Crippen LogP contribution in [0.5, 0.6) is 5.75 Å². The Labute approximate surface area is 214 Å². The van der Waals surface area contributed by atoms with E-state index in [1.54, 1.807) is 36.4 Å². The lowest BCUT2D eigenvalue weighted by Crippen LogP contribution is -2.44. The van der Waals surface area contributed by atoms with Gasteiger partial charge in [-0.15, -0.1) is 0 Å². The number of hydrogen-bond acceptors (Lipinski definition) is 7. The number of benzene rings is 3. The van der Waals surface area contributed by atoms with Crippen molar-refractivity contribution in [2.75, 3.05) is 37.5 Å².